The third-order valence-corrected chi connectivity index (χ3v) is 7.77. The first-order chi connectivity index (χ1) is 14.2. The number of halogens is 4. The molecule has 0 bridgehead atoms. The third kappa shape index (κ3) is 9.10. The van der Waals surface area contributed by atoms with Gasteiger partial charge in [0, 0.05) is 12.6 Å². The third-order valence-electron chi connectivity index (χ3n) is 3.36. The van der Waals surface area contributed by atoms with Crippen LogP contribution in [0.15, 0.2) is 12.3 Å². The summed E-state index contributed by atoms with van der Waals surface area (Å²) in [5, 5.41) is 9.80. The van der Waals surface area contributed by atoms with Gasteiger partial charge in [-0.3, -0.25) is 4.52 Å². The molecule has 4 atom stereocenters. The summed E-state index contributed by atoms with van der Waals surface area (Å²) < 4.78 is 99.1. The fourth-order valence-electron chi connectivity index (χ4n) is 2.01. The van der Waals surface area contributed by atoms with Gasteiger partial charge in [0.05, 0.1) is 13.2 Å². The first-order valence-corrected chi connectivity index (χ1v) is 13.0. The highest BCUT2D eigenvalue weighted by atomic mass is 32.1. The molecule has 0 amide bonds. The van der Waals surface area contributed by atoms with Crippen LogP contribution < -0.4 is 0 Å². The lowest BCUT2D eigenvalue weighted by atomic mass is 9.95. The number of rotatable bonds is 11. The quantitative estimate of drug-likeness (QED) is 0.129. The molecule has 0 saturated carbocycles. The molecule has 1 aromatic rings. The first kappa shape index (κ1) is 29.6. The first-order valence-electron chi connectivity index (χ1n) is 7.69. The van der Waals surface area contributed by atoms with E-state index in [0.717, 1.165) is 12.3 Å². The molecule has 0 aliphatic rings. The van der Waals surface area contributed by atoms with E-state index in [4.69, 9.17) is 39.1 Å². The molecule has 1 aromatic heterocycles. The van der Waals surface area contributed by atoms with Crippen molar-refractivity contribution in [2.75, 3.05) is 6.61 Å². The number of aliphatic hydroxyl groups is 1. The number of aromatic nitrogens is 2. The summed E-state index contributed by atoms with van der Waals surface area (Å²) in [6, 6.07) is 1.10. The van der Waals surface area contributed by atoms with Crippen LogP contribution in [0, 0.1) is 9.41 Å². The van der Waals surface area contributed by atoms with Crippen LogP contribution in [0.25, 0.3) is 0 Å². The summed E-state index contributed by atoms with van der Waals surface area (Å²) in [7, 11) is -17.2. The predicted molar refractivity (Wildman–Crippen MR) is 101 cm³/mol. The van der Waals surface area contributed by atoms with E-state index < -0.39 is 65.8 Å². The van der Waals surface area contributed by atoms with Gasteiger partial charge in [-0.2, -0.15) is 21.8 Å². The van der Waals surface area contributed by atoms with Gasteiger partial charge in [-0.05, 0) is 18.3 Å². The monoisotopic (exact) mass is 572 g/mol. The van der Waals surface area contributed by atoms with Crippen LogP contribution in [0.2, 0.25) is 0 Å². The van der Waals surface area contributed by atoms with Crippen molar-refractivity contribution in [3.63, 3.8) is 0 Å². The number of hydrogen-bond donors (Lipinski definition) is 6. The SMILES string of the molecule is O=P(O)(O)OP(=O)(O)OP(=O)(O)OCC[C@H](O)C(F)(Cn1ccc(=S)[nH]c1=S)C(F)(F)F. The van der Waals surface area contributed by atoms with Gasteiger partial charge in [-0.15, -0.1) is 0 Å². The van der Waals surface area contributed by atoms with Crippen LogP contribution >= 0.6 is 47.9 Å². The van der Waals surface area contributed by atoms with Crippen LogP contribution in [0.3, 0.4) is 0 Å². The molecule has 0 aromatic carbocycles. The van der Waals surface area contributed by atoms with Crippen molar-refractivity contribution in [1.82, 2.24) is 9.55 Å². The average molecular weight is 572 g/mol. The van der Waals surface area contributed by atoms with Gasteiger partial charge < -0.3 is 34.2 Å². The number of H-pyrrole nitrogens is 1. The number of phosphoric acid groups is 3. The highest BCUT2D eigenvalue weighted by molar-refractivity contribution is 7.72. The number of aromatic amines is 1. The summed E-state index contributed by atoms with van der Waals surface area (Å²) in [6.45, 7) is -2.88. The van der Waals surface area contributed by atoms with Gasteiger partial charge in [-0.1, -0.05) is 12.2 Å². The van der Waals surface area contributed by atoms with Gasteiger partial charge in [0.15, 0.2) is 4.77 Å². The minimum atomic E-state index is -5.86. The molecule has 0 saturated heterocycles. The Morgan fingerprint density at radius 3 is 2.09 bits per heavy atom. The molecule has 0 aliphatic carbocycles. The van der Waals surface area contributed by atoms with Crippen molar-refractivity contribution in [3.05, 3.63) is 21.7 Å². The molecule has 1 heterocycles. The second kappa shape index (κ2) is 10.5. The van der Waals surface area contributed by atoms with E-state index in [0.29, 0.717) is 4.57 Å². The predicted octanol–water partition coefficient (Wildman–Crippen LogP) is 2.64. The van der Waals surface area contributed by atoms with Gasteiger partial charge in [0.25, 0.3) is 0 Å². The highest BCUT2D eigenvalue weighted by Gasteiger charge is 2.60. The summed E-state index contributed by atoms with van der Waals surface area (Å²) in [4.78, 5) is 37.3. The van der Waals surface area contributed by atoms with Crippen molar-refractivity contribution in [1.29, 1.82) is 0 Å². The Kier molecular flexibility index (Phi) is 9.71. The van der Waals surface area contributed by atoms with Crippen molar-refractivity contribution in [3.8, 4) is 0 Å². The smallest absolute Gasteiger partial charge is 0.389 e. The van der Waals surface area contributed by atoms with Gasteiger partial charge >= 0.3 is 29.6 Å². The molecule has 3 unspecified atom stereocenters. The minimum absolute atomic E-state index is 0.0410. The van der Waals surface area contributed by atoms with E-state index in [1.807, 2.05) is 0 Å². The molecule has 13 nitrogen and oxygen atoms in total. The Hall–Kier alpha value is -0.390. The van der Waals surface area contributed by atoms with Crippen LogP contribution in [-0.4, -0.2) is 58.8 Å². The Morgan fingerprint density at radius 1 is 1.06 bits per heavy atom. The molecule has 1 rings (SSSR count). The molecule has 6 N–H and O–H groups in total. The van der Waals surface area contributed by atoms with Crippen LogP contribution in [0.5, 0.6) is 0 Å². The Morgan fingerprint density at radius 2 is 1.62 bits per heavy atom. The maximum Gasteiger partial charge on any atom is 0.490 e. The fourth-order valence-corrected chi connectivity index (χ4v) is 5.50. The maximum absolute atomic E-state index is 14.8. The number of nitrogens with zero attached hydrogens (tertiary/aromatic N) is 1. The van der Waals surface area contributed by atoms with E-state index in [-0.39, 0.29) is 4.64 Å². The normalized spacial score (nSPS) is 19.5. The van der Waals surface area contributed by atoms with Crippen molar-refractivity contribution >= 4 is 47.9 Å². The lowest BCUT2D eigenvalue weighted by Crippen LogP contribution is -2.54. The fraction of sp³-hybridized carbons (Fsp3) is 0.600. The summed E-state index contributed by atoms with van der Waals surface area (Å²) >= 11 is 9.45. The number of alkyl halides is 4. The Bertz CT molecular complexity index is 1080. The summed E-state index contributed by atoms with van der Waals surface area (Å²) in [5.74, 6) is 0. The van der Waals surface area contributed by atoms with E-state index in [9.17, 15) is 41.3 Å². The average Bonchev–Trinajstić information content (AvgIpc) is 2.52. The molecule has 0 aliphatic heterocycles. The molecule has 186 valence electrons. The van der Waals surface area contributed by atoms with E-state index in [2.05, 4.69) is 18.1 Å². The summed E-state index contributed by atoms with van der Waals surface area (Å²) in [5.41, 5.74) is -4.35. The zero-order valence-electron chi connectivity index (χ0n) is 15.2. The highest BCUT2D eigenvalue weighted by Crippen LogP contribution is 2.66. The standard InChI is InChI=1S/C10H15F4N2O11P3S2/c11-9(10(12,13)14,5-16-3-1-7(31)15-8(16)32)6(17)2-4-25-29(21,22)27-30(23,24)26-28(18,19)20/h1,3,6,17H,2,4-5H2,(H,21,22)(H,23,24)(H,15,31,32)(H2,18,19,20)/t6-,9?/m0/s1. The summed E-state index contributed by atoms with van der Waals surface area (Å²) in [6.07, 6.45) is -8.93. The molecule has 0 fully saturated rings. The van der Waals surface area contributed by atoms with Crippen LogP contribution in [0.1, 0.15) is 6.42 Å². The molecule has 22 heteroatoms. The Labute approximate surface area is 186 Å². The van der Waals surface area contributed by atoms with E-state index in [1.165, 1.54) is 0 Å². The zero-order valence-corrected chi connectivity index (χ0v) is 19.5. The number of nitrogens with one attached hydrogen (secondary N) is 1. The number of phosphoric ester groups is 1. The topological polar surface area (TPSA) is 201 Å². The maximum atomic E-state index is 14.8. The van der Waals surface area contributed by atoms with Crippen molar-refractivity contribution in [2.45, 2.75) is 30.9 Å². The second-order valence-electron chi connectivity index (χ2n) is 5.83. The van der Waals surface area contributed by atoms with Crippen LogP contribution in [-0.2, 0) is 33.4 Å². The van der Waals surface area contributed by atoms with E-state index >= 15 is 0 Å². The number of aliphatic hydroxyl groups excluding tert-OH is 1. The largest absolute Gasteiger partial charge is 0.490 e. The van der Waals surface area contributed by atoms with E-state index in [1.54, 1.807) is 0 Å². The molecular formula is C10H15F4N2O11P3S2. The van der Waals surface area contributed by atoms with Crippen LogP contribution in [0.4, 0.5) is 17.6 Å². The molecule has 0 spiro atoms. The van der Waals surface area contributed by atoms with Gasteiger partial charge in [0.2, 0.25) is 5.67 Å². The number of hydrogen-bond acceptors (Lipinski definition) is 9. The lowest BCUT2D eigenvalue weighted by Gasteiger charge is -2.33. The van der Waals surface area contributed by atoms with Gasteiger partial charge in [-0.25, -0.2) is 18.1 Å². The molecule has 32 heavy (non-hydrogen) atoms. The molecular weight excluding hydrogens is 557 g/mol. The molecule has 0 radical (unpaired) electrons. The second-order valence-corrected chi connectivity index (χ2v) is 11.1. The van der Waals surface area contributed by atoms with Crippen molar-refractivity contribution in [2.24, 2.45) is 0 Å². The lowest BCUT2D eigenvalue weighted by molar-refractivity contribution is -0.266. The van der Waals surface area contributed by atoms with Crippen molar-refractivity contribution < 1.29 is 69.1 Å². The zero-order chi connectivity index (χ0) is 25.2. The minimum Gasteiger partial charge on any atom is -0.389 e. The van der Waals surface area contributed by atoms with Gasteiger partial charge in [0.1, 0.15) is 10.7 Å². The Balaban J connectivity index is 2.92.